The fourth-order valence-corrected chi connectivity index (χ4v) is 2.40. The summed E-state index contributed by atoms with van der Waals surface area (Å²) in [4.78, 5) is 3.95. The van der Waals surface area contributed by atoms with E-state index in [0.29, 0.717) is 10.7 Å². The van der Waals surface area contributed by atoms with Gasteiger partial charge in [-0.3, -0.25) is 0 Å². The fourth-order valence-electron chi connectivity index (χ4n) is 2.22. The van der Waals surface area contributed by atoms with Gasteiger partial charge in [0.15, 0.2) is 0 Å². The van der Waals surface area contributed by atoms with Gasteiger partial charge in [0.2, 0.25) is 0 Å². The van der Waals surface area contributed by atoms with Crippen LogP contribution in [0.5, 0.6) is 0 Å². The molecule has 3 unspecified atom stereocenters. The van der Waals surface area contributed by atoms with Gasteiger partial charge in [-0.2, -0.15) is 0 Å². The lowest BCUT2D eigenvalue weighted by molar-refractivity contribution is 0.130. The molecule has 0 amide bonds. The normalized spacial score (nSPS) is 15.5. The summed E-state index contributed by atoms with van der Waals surface area (Å²) in [6.07, 6.45) is 0.932. The Morgan fingerprint density at radius 2 is 1.81 bits per heavy atom. The molecule has 0 saturated carbocycles. The number of aliphatic hydroxyl groups excluding tert-OH is 1. The minimum atomic E-state index is -0.717. The summed E-state index contributed by atoms with van der Waals surface area (Å²) >= 11 is 5.87. The largest absolute Gasteiger partial charge is 0.387 e. The number of nitrogens with zero attached hydrogens (tertiary/aromatic N) is 1. The average molecular weight is 309 g/mol. The molecule has 21 heavy (non-hydrogen) atoms. The first-order valence-corrected chi connectivity index (χ1v) is 7.16. The van der Waals surface area contributed by atoms with Crippen LogP contribution in [-0.4, -0.2) is 16.1 Å². The molecule has 0 saturated heterocycles. The molecule has 1 heterocycles. The number of nitrogens with one attached hydrogen (secondary N) is 1. The van der Waals surface area contributed by atoms with Crippen LogP contribution in [0.2, 0.25) is 5.15 Å². The van der Waals surface area contributed by atoms with Gasteiger partial charge >= 0.3 is 0 Å². The molecule has 0 aliphatic carbocycles. The van der Waals surface area contributed by atoms with E-state index in [2.05, 4.69) is 10.3 Å². The highest BCUT2D eigenvalue weighted by Gasteiger charge is 2.19. The zero-order valence-electron chi connectivity index (χ0n) is 11.9. The Kier molecular flexibility index (Phi) is 5.28. The minimum absolute atomic E-state index is 0.00981. The number of halogens is 2. The van der Waals surface area contributed by atoms with Gasteiger partial charge in [-0.05, 0) is 49.2 Å². The summed E-state index contributed by atoms with van der Waals surface area (Å²) in [7, 11) is 0. The number of hydrogen-bond donors (Lipinski definition) is 2. The van der Waals surface area contributed by atoms with Crippen molar-refractivity contribution in [2.75, 3.05) is 0 Å². The maximum absolute atomic E-state index is 12.9. The summed E-state index contributed by atoms with van der Waals surface area (Å²) in [6, 6.07) is 9.34. The van der Waals surface area contributed by atoms with Crippen molar-refractivity contribution in [3.8, 4) is 0 Å². The molecule has 0 fully saturated rings. The Labute approximate surface area is 128 Å². The van der Waals surface area contributed by atoms with Gasteiger partial charge in [-0.15, -0.1) is 0 Å². The molecule has 112 valence electrons. The molecule has 2 N–H and O–H groups in total. The number of aliphatic hydroxyl groups is 1. The van der Waals surface area contributed by atoms with Crippen LogP contribution in [0.3, 0.4) is 0 Å². The second-order valence-electron chi connectivity index (χ2n) is 5.09. The topological polar surface area (TPSA) is 45.1 Å². The Morgan fingerprint density at radius 1 is 1.14 bits per heavy atom. The highest BCUT2D eigenvalue weighted by atomic mass is 35.5. The second-order valence-corrected chi connectivity index (χ2v) is 5.47. The quantitative estimate of drug-likeness (QED) is 0.829. The van der Waals surface area contributed by atoms with E-state index in [1.165, 1.54) is 12.1 Å². The lowest BCUT2D eigenvalue weighted by Crippen LogP contribution is -2.34. The van der Waals surface area contributed by atoms with Crippen LogP contribution in [0.25, 0.3) is 0 Å². The molecule has 3 atom stereocenters. The van der Waals surface area contributed by atoms with E-state index in [9.17, 15) is 9.50 Å². The van der Waals surface area contributed by atoms with Gasteiger partial charge < -0.3 is 10.4 Å². The average Bonchev–Trinajstić information content (AvgIpc) is 2.47. The van der Waals surface area contributed by atoms with Gasteiger partial charge in [-0.1, -0.05) is 23.7 Å². The van der Waals surface area contributed by atoms with E-state index in [1.807, 2.05) is 19.9 Å². The monoisotopic (exact) mass is 308 g/mol. The number of pyridine rings is 1. The highest BCUT2D eigenvalue weighted by Crippen LogP contribution is 2.21. The number of benzene rings is 1. The van der Waals surface area contributed by atoms with Crippen molar-refractivity contribution in [3.05, 3.63) is 64.7 Å². The van der Waals surface area contributed by atoms with E-state index in [-0.39, 0.29) is 17.9 Å². The van der Waals surface area contributed by atoms with Crippen molar-refractivity contribution in [1.29, 1.82) is 0 Å². The maximum atomic E-state index is 12.9. The van der Waals surface area contributed by atoms with E-state index >= 15 is 0 Å². The molecule has 0 spiro atoms. The summed E-state index contributed by atoms with van der Waals surface area (Å²) in [5, 5.41) is 14.1. The van der Waals surface area contributed by atoms with Crippen LogP contribution in [0, 0.1) is 5.82 Å². The predicted molar refractivity (Wildman–Crippen MR) is 81.6 cm³/mol. The highest BCUT2D eigenvalue weighted by molar-refractivity contribution is 6.29. The third-order valence-corrected chi connectivity index (χ3v) is 3.66. The SMILES string of the molecule is CC(NC(C)C(O)c1ccc(F)cc1)c1ccnc(Cl)c1. The predicted octanol–water partition coefficient (Wildman–Crippen LogP) is 3.65. The van der Waals surface area contributed by atoms with Crippen LogP contribution >= 0.6 is 11.6 Å². The molecule has 0 radical (unpaired) electrons. The van der Waals surface area contributed by atoms with Crippen molar-refractivity contribution in [2.45, 2.75) is 32.0 Å². The van der Waals surface area contributed by atoms with Crippen molar-refractivity contribution >= 4 is 11.6 Å². The molecule has 0 bridgehead atoms. The number of rotatable bonds is 5. The van der Waals surface area contributed by atoms with Crippen LogP contribution < -0.4 is 5.32 Å². The summed E-state index contributed by atoms with van der Waals surface area (Å²) in [6.45, 7) is 3.87. The van der Waals surface area contributed by atoms with Crippen LogP contribution in [0.15, 0.2) is 42.6 Å². The molecular weight excluding hydrogens is 291 g/mol. The van der Waals surface area contributed by atoms with E-state index < -0.39 is 6.10 Å². The second kappa shape index (κ2) is 6.98. The van der Waals surface area contributed by atoms with Gasteiger partial charge in [0.1, 0.15) is 11.0 Å². The Balaban J connectivity index is 2.03. The molecule has 3 nitrogen and oxygen atoms in total. The summed E-state index contributed by atoms with van der Waals surface area (Å²) in [5.41, 5.74) is 1.67. The molecule has 0 aliphatic heterocycles. The van der Waals surface area contributed by atoms with Crippen LogP contribution in [0.4, 0.5) is 4.39 Å². The first-order chi connectivity index (χ1) is 9.97. The minimum Gasteiger partial charge on any atom is -0.387 e. The summed E-state index contributed by atoms with van der Waals surface area (Å²) < 4.78 is 12.9. The molecule has 1 aromatic heterocycles. The lowest BCUT2D eigenvalue weighted by atomic mass is 10.0. The zero-order valence-corrected chi connectivity index (χ0v) is 12.7. The molecule has 1 aromatic carbocycles. The van der Waals surface area contributed by atoms with E-state index in [1.54, 1.807) is 24.4 Å². The molecule has 5 heteroatoms. The van der Waals surface area contributed by atoms with Crippen LogP contribution in [0.1, 0.15) is 37.1 Å². The summed E-state index contributed by atoms with van der Waals surface area (Å²) in [5.74, 6) is -0.314. The molecule has 2 rings (SSSR count). The van der Waals surface area contributed by atoms with Gasteiger partial charge in [0.05, 0.1) is 6.10 Å². The Bertz CT molecular complexity index is 591. The van der Waals surface area contributed by atoms with Crippen molar-refractivity contribution in [1.82, 2.24) is 10.3 Å². The van der Waals surface area contributed by atoms with Crippen LogP contribution in [-0.2, 0) is 0 Å². The van der Waals surface area contributed by atoms with Gasteiger partial charge in [0, 0.05) is 18.3 Å². The van der Waals surface area contributed by atoms with Crippen molar-refractivity contribution < 1.29 is 9.50 Å². The maximum Gasteiger partial charge on any atom is 0.129 e. The molecule has 0 aliphatic rings. The Hall–Kier alpha value is -1.49. The smallest absolute Gasteiger partial charge is 0.129 e. The van der Waals surface area contributed by atoms with E-state index in [0.717, 1.165) is 5.56 Å². The molecule has 2 aromatic rings. The van der Waals surface area contributed by atoms with Gasteiger partial charge in [0.25, 0.3) is 0 Å². The van der Waals surface area contributed by atoms with E-state index in [4.69, 9.17) is 11.6 Å². The first-order valence-electron chi connectivity index (χ1n) is 6.78. The number of aromatic nitrogens is 1. The third kappa shape index (κ3) is 4.24. The standard InChI is InChI=1S/C16H18ClFN2O/c1-10(13-7-8-19-15(17)9-13)20-11(2)16(21)12-3-5-14(18)6-4-12/h3-11,16,20-21H,1-2H3. The lowest BCUT2D eigenvalue weighted by Gasteiger charge is -2.25. The first kappa shape index (κ1) is 15.9. The number of hydrogen-bond acceptors (Lipinski definition) is 3. The fraction of sp³-hybridized carbons (Fsp3) is 0.312. The van der Waals surface area contributed by atoms with Gasteiger partial charge in [-0.25, -0.2) is 9.37 Å². The molecular formula is C16H18ClFN2O. The third-order valence-electron chi connectivity index (χ3n) is 3.45. The zero-order chi connectivity index (χ0) is 15.4. The van der Waals surface area contributed by atoms with Crippen molar-refractivity contribution in [2.24, 2.45) is 0 Å². The van der Waals surface area contributed by atoms with Crippen molar-refractivity contribution in [3.63, 3.8) is 0 Å². The Morgan fingerprint density at radius 3 is 2.43 bits per heavy atom.